The Morgan fingerprint density at radius 3 is 2.10 bits per heavy atom. The normalized spacial score (nSPS) is 12.2. The SMILES string of the molecule is CCOc1ccc(C(NN)c2cc(C)cc(C)c2)cc1. The number of aryl methyl sites for hydroxylation is 2. The van der Waals surface area contributed by atoms with Crippen LogP contribution in [-0.2, 0) is 0 Å². The van der Waals surface area contributed by atoms with Crippen LogP contribution < -0.4 is 16.0 Å². The molecular weight excluding hydrogens is 248 g/mol. The maximum Gasteiger partial charge on any atom is 0.119 e. The summed E-state index contributed by atoms with van der Waals surface area (Å²) in [5.74, 6) is 6.63. The average Bonchev–Trinajstić information content (AvgIpc) is 2.41. The van der Waals surface area contributed by atoms with E-state index in [0.29, 0.717) is 6.61 Å². The highest BCUT2D eigenvalue weighted by Gasteiger charge is 2.13. The molecule has 0 radical (unpaired) electrons. The smallest absolute Gasteiger partial charge is 0.119 e. The van der Waals surface area contributed by atoms with Gasteiger partial charge in [-0.3, -0.25) is 5.84 Å². The molecule has 3 N–H and O–H groups in total. The predicted molar refractivity (Wildman–Crippen MR) is 82.7 cm³/mol. The van der Waals surface area contributed by atoms with Crippen molar-refractivity contribution in [2.75, 3.05) is 6.61 Å². The number of ether oxygens (including phenoxy) is 1. The summed E-state index contributed by atoms with van der Waals surface area (Å²) in [5, 5.41) is 0. The molecule has 20 heavy (non-hydrogen) atoms. The summed E-state index contributed by atoms with van der Waals surface area (Å²) in [7, 11) is 0. The van der Waals surface area contributed by atoms with Crippen LogP contribution in [0.1, 0.15) is 35.2 Å². The zero-order valence-corrected chi connectivity index (χ0v) is 12.3. The molecule has 0 saturated heterocycles. The van der Waals surface area contributed by atoms with E-state index in [2.05, 4.69) is 37.5 Å². The molecule has 0 bridgehead atoms. The summed E-state index contributed by atoms with van der Waals surface area (Å²) in [6, 6.07) is 14.5. The molecule has 106 valence electrons. The third-order valence-corrected chi connectivity index (χ3v) is 3.27. The number of hydrazine groups is 1. The molecule has 2 aromatic rings. The Morgan fingerprint density at radius 2 is 1.60 bits per heavy atom. The van der Waals surface area contributed by atoms with E-state index in [1.54, 1.807) is 0 Å². The first-order valence-electron chi connectivity index (χ1n) is 6.91. The lowest BCUT2D eigenvalue weighted by Gasteiger charge is -2.18. The van der Waals surface area contributed by atoms with Gasteiger partial charge in [0.25, 0.3) is 0 Å². The second-order valence-corrected chi connectivity index (χ2v) is 5.02. The minimum absolute atomic E-state index is 0.00993. The van der Waals surface area contributed by atoms with Crippen molar-refractivity contribution in [3.05, 3.63) is 64.7 Å². The molecule has 1 atom stereocenters. The number of hydrogen-bond acceptors (Lipinski definition) is 3. The van der Waals surface area contributed by atoms with Gasteiger partial charge in [-0.25, -0.2) is 5.43 Å². The molecule has 0 aromatic heterocycles. The molecule has 0 heterocycles. The molecule has 0 spiro atoms. The maximum atomic E-state index is 5.75. The first kappa shape index (κ1) is 14.6. The first-order valence-corrected chi connectivity index (χ1v) is 6.91. The number of benzene rings is 2. The van der Waals surface area contributed by atoms with Crippen molar-refractivity contribution >= 4 is 0 Å². The molecule has 1 unspecified atom stereocenters. The zero-order chi connectivity index (χ0) is 14.5. The fraction of sp³-hybridized carbons (Fsp3) is 0.294. The van der Waals surface area contributed by atoms with Crippen molar-refractivity contribution in [1.82, 2.24) is 5.43 Å². The lowest BCUT2D eigenvalue weighted by molar-refractivity contribution is 0.340. The van der Waals surface area contributed by atoms with Crippen LogP contribution in [0, 0.1) is 13.8 Å². The zero-order valence-electron chi connectivity index (χ0n) is 12.3. The van der Waals surface area contributed by atoms with Gasteiger partial charge < -0.3 is 4.74 Å². The van der Waals surface area contributed by atoms with Gasteiger partial charge in [-0.05, 0) is 44.0 Å². The van der Waals surface area contributed by atoms with Crippen molar-refractivity contribution in [3.63, 3.8) is 0 Å². The van der Waals surface area contributed by atoms with Gasteiger partial charge in [0.2, 0.25) is 0 Å². The van der Waals surface area contributed by atoms with E-state index in [1.165, 1.54) is 16.7 Å². The van der Waals surface area contributed by atoms with E-state index in [4.69, 9.17) is 10.6 Å². The second-order valence-electron chi connectivity index (χ2n) is 5.02. The van der Waals surface area contributed by atoms with Gasteiger partial charge in [-0.2, -0.15) is 0 Å². The maximum absolute atomic E-state index is 5.75. The van der Waals surface area contributed by atoms with Gasteiger partial charge in [0.15, 0.2) is 0 Å². The Balaban J connectivity index is 2.31. The summed E-state index contributed by atoms with van der Waals surface area (Å²) >= 11 is 0. The summed E-state index contributed by atoms with van der Waals surface area (Å²) in [6.45, 7) is 6.85. The Kier molecular flexibility index (Phi) is 4.77. The number of nitrogens with one attached hydrogen (secondary N) is 1. The van der Waals surface area contributed by atoms with E-state index >= 15 is 0 Å². The van der Waals surface area contributed by atoms with Crippen LogP contribution >= 0.6 is 0 Å². The molecule has 3 nitrogen and oxygen atoms in total. The topological polar surface area (TPSA) is 47.3 Å². The van der Waals surface area contributed by atoms with Crippen molar-refractivity contribution in [3.8, 4) is 5.75 Å². The lowest BCUT2D eigenvalue weighted by Crippen LogP contribution is -2.28. The minimum Gasteiger partial charge on any atom is -0.494 e. The Morgan fingerprint density at radius 1 is 1.00 bits per heavy atom. The summed E-state index contributed by atoms with van der Waals surface area (Å²) in [6.07, 6.45) is 0. The molecule has 2 aromatic carbocycles. The highest BCUT2D eigenvalue weighted by molar-refractivity contribution is 5.38. The lowest BCUT2D eigenvalue weighted by atomic mass is 9.96. The molecule has 2 rings (SSSR count). The molecule has 0 aliphatic carbocycles. The Labute approximate surface area is 120 Å². The van der Waals surface area contributed by atoms with E-state index in [0.717, 1.165) is 11.3 Å². The molecule has 0 aliphatic rings. The van der Waals surface area contributed by atoms with Crippen molar-refractivity contribution in [2.45, 2.75) is 26.8 Å². The Bertz CT molecular complexity index is 543. The predicted octanol–water partition coefficient (Wildman–Crippen LogP) is 3.25. The fourth-order valence-corrected chi connectivity index (χ4v) is 2.48. The summed E-state index contributed by atoms with van der Waals surface area (Å²) < 4.78 is 5.47. The largest absolute Gasteiger partial charge is 0.494 e. The summed E-state index contributed by atoms with van der Waals surface area (Å²) in [4.78, 5) is 0. The van der Waals surface area contributed by atoms with Crippen LogP contribution in [0.5, 0.6) is 5.75 Å². The van der Waals surface area contributed by atoms with Crippen molar-refractivity contribution in [2.24, 2.45) is 5.84 Å². The third kappa shape index (κ3) is 3.38. The van der Waals surface area contributed by atoms with Crippen molar-refractivity contribution < 1.29 is 4.74 Å². The van der Waals surface area contributed by atoms with Gasteiger partial charge in [-0.15, -0.1) is 0 Å². The van der Waals surface area contributed by atoms with E-state index in [-0.39, 0.29) is 6.04 Å². The highest BCUT2D eigenvalue weighted by Crippen LogP contribution is 2.25. The van der Waals surface area contributed by atoms with Crippen LogP contribution in [0.25, 0.3) is 0 Å². The molecule has 0 saturated carbocycles. The molecule has 0 amide bonds. The van der Waals surface area contributed by atoms with E-state index < -0.39 is 0 Å². The quantitative estimate of drug-likeness (QED) is 0.647. The highest BCUT2D eigenvalue weighted by atomic mass is 16.5. The standard InChI is InChI=1S/C17H22N2O/c1-4-20-16-7-5-14(6-8-16)17(19-18)15-10-12(2)9-13(3)11-15/h5-11,17,19H,4,18H2,1-3H3. The van der Waals surface area contributed by atoms with Crippen LogP contribution in [0.15, 0.2) is 42.5 Å². The first-order chi connectivity index (χ1) is 9.63. The van der Waals surface area contributed by atoms with Gasteiger partial charge in [0.1, 0.15) is 5.75 Å². The molecule has 0 fully saturated rings. The molecule has 3 heteroatoms. The van der Waals surface area contributed by atoms with Gasteiger partial charge in [-0.1, -0.05) is 41.5 Å². The third-order valence-electron chi connectivity index (χ3n) is 3.27. The van der Waals surface area contributed by atoms with Crippen LogP contribution in [0.3, 0.4) is 0 Å². The van der Waals surface area contributed by atoms with Crippen LogP contribution in [0.2, 0.25) is 0 Å². The number of hydrogen-bond donors (Lipinski definition) is 2. The van der Waals surface area contributed by atoms with Gasteiger partial charge >= 0.3 is 0 Å². The minimum atomic E-state index is -0.00993. The van der Waals surface area contributed by atoms with Crippen LogP contribution in [-0.4, -0.2) is 6.61 Å². The second kappa shape index (κ2) is 6.55. The summed E-state index contributed by atoms with van der Waals surface area (Å²) in [5.41, 5.74) is 7.68. The average molecular weight is 270 g/mol. The fourth-order valence-electron chi connectivity index (χ4n) is 2.48. The number of rotatable bonds is 5. The van der Waals surface area contributed by atoms with E-state index in [9.17, 15) is 0 Å². The van der Waals surface area contributed by atoms with Crippen LogP contribution in [0.4, 0.5) is 0 Å². The monoisotopic (exact) mass is 270 g/mol. The molecular formula is C17H22N2O. The van der Waals surface area contributed by atoms with Gasteiger partial charge in [0, 0.05) is 0 Å². The van der Waals surface area contributed by atoms with Crippen molar-refractivity contribution in [1.29, 1.82) is 0 Å². The number of nitrogens with two attached hydrogens (primary N) is 1. The van der Waals surface area contributed by atoms with Gasteiger partial charge in [0.05, 0.1) is 12.6 Å². The Hall–Kier alpha value is -1.84. The molecule has 0 aliphatic heterocycles. The van der Waals surface area contributed by atoms with E-state index in [1.807, 2.05) is 31.2 Å².